The van der Waals surface area contributed by atoms with E-state index in [-0.39, 0.29) is 11.9 Å². The van der Waals surface area contributed by atoms with Crippen molar-refractivity contribution in [3.63, 3.8) is 0 Å². The molecule has 1 aromatic carbocycles. The summed E-state index contributed by atoms with van der Waals surface area (Å²) in [4.78, 5) is 4.64. The summed E-state index contributed by atoms with van der Waals surface area (Å²) in [5.41, 5.74) is 0. The highest BCUT2D eigenvalue weighted by Gasteiger charge is 2.16. The topological polar surface area (TPSA) is 68.0 Å². The molecule has 152 valence electrons. The average Bonchev–Trinajstić information content (AvgIpc) is 3.39. The van der Waals surface area contributed by atoms with E-state index in [1.54, 1.807) is 18.4 Å². The van der Waals surface area contributed by atoms with Crippen LogP contribution in [-0.4, -0.2) is 44.9 Å². The van der Waals surface area contributed by atoms with E-state index in [1.165, 1.54) is 12.1 Å². The molecule has 1 saturated heterocycles. The zero-order valence-electron chi connectivity index (χ0n) is 16.2. The van der Waals surface area contributed by atoms with Gasteiger partial charge in [-0.15, -0.1) is 0 Å². The lowest BCUT2D eigenvalue weighted by Crippen LogP contribution is -2.41. The highest BCUT2D eigenvalue weighted by Crippen LogP contribution is 2.13. The van der Waals surface area contributed by atoms with E-state index >= 15 is 0 Å². The number of ether oxygens (including phenoxy) is 2. The van der Waals surface area contributed by atoms with E-state index < -0.39 is 0 Å². The molecule has 0 aliphatic carbocycles. The molecule has 3 rings (SSSR count). The zero-order chi connectivity index (χ0) is 19.6. The van der Waals surface area contributed by atoms with Crippen LogP contribution in [0.4, 0.5) is 4.39 Å². The summed E-state index contributed by atoms with van der Waals surface area (Å²) in [6, 6.07) is 9.86. The van der Waals surface area contributed by atoms with Crippen molar-refractivity contribution >= 4 is 5.96 Å². The second-order valence-electron chi connectivity index (χ2n) is 6.94. The molecule has 7 heteroatoms. The van der Waals surface area contributed by atoms with Crippen LogP contribution in [0.5, 0.6) is 5.75 Å². The second kappa shape index (κ2) is 10.7. The van der Waals surface area contributed by atoms with Crippen LogP contribution < -0.4 is 15.4 Å². The number of nitrogens with zero attached hydrogens (tertiary/aromatic N) is 1. The standard InChI is InChI=1S/C21H28FN3O3/c1-16(28-20-6-4-18(22)5-7-20)13-24-21(25-14-17-9-12-26-15-17)23-10-8-19-3-2-11-27-19/h2-7,11,16-17H,8-10,12-15H2,1H3,(H2,23,24,25). The third-order valence-corrected chi connectivity index (χ3v) is 4.48. The molecule has 0 saturated carbocycles. The van der Waals surface area contributed by atoms with Crippen molar-refractivity contribution in [1.29, 1.82) is 0 Å². The molecule has 2 aromatic rings. The van der Waals surface area contributed by atoms with Gasteiger partial charge in [-0.3, -0.25) is 0 Å². The normalized spacial score (nSPS) is 18.1. The number of rotatable bonds is 9. The lowest BCUT2D eigenvalue weighted by Gasteiger charge is -2.17. The molecule has 2 unspecified atom stereocenters. The van der Waals surface area contributed by atoms with Gasteiger partial charge in [0, 0.05) is 32.0 Å². The number of hydrogen-bond donors (Lipinski definition) is 2. The lowest BCUT2D eigenvalue weighted by molar-refractivity contribution is 0.186. The molecule has 1 aliphatic rings. The number of hydrogen-bond acceptors (Lipinski definition) is 4. The minimum Gasteiger partial charge on any atom is -0.489 e. The molecule has 1 aromatic heterocycles. The zero-order valence-corrected chi connectivity index (χ0v) is 16.2. The van der Waals surface area contributed by atoms with Crippen molar-refractivity contribution < 1.29 is 18.3 Å². The van der Waals surface area contributed by atoms with Gasteiger partial charge in [0.2, 0.25) is 0 Å². The van der Waals surface area contributed by atoms with Gasteiger partial charge in [-0.1, -0.05) is 0 Å². The smallest absolute Gasteiger partial charge is 0.191 e. The van der Waals surface area contributed by atoms with Gasteiger partial charge in [0.15, 0.2) is 5.96 Å². The van der Waals surface area contributed by atoms with E-state index in [9.17, 15) is 4.39 Å². The molecule has 0 amide bonds. The average molecular weight is 389 g/mol. The Labute approximate surface area is 165 Å². The van der Waals surface area contributed by atoms with Crippen molar-refractivity contribution in [3.8, 4) is 5.75 Å². The summed E-state index contributed by atoms with van der Waals surface area (Å²) in [7, 11) is 0. The molecular formula is C21H28FN3O3. The Morgan fingerprint density at radius 2 is 2.14 bits per heavy atom. The van der Waals surface area contributed by atoms with Crippen molar-refractivity contribution in [1.82, 2.24) is 10.6 Å². The van der Waals surface area contributed by atoms with Crippen molar-refractivity contribution in [3.05, 3.63) is 54.2 Å². The van der Waals surface area contributed by atoms with E-state index in [2.05, 4.69) is 15.6 Å². The molecule has 1 fully saturated rings. The molecule has 0 spiro atoms. The fourth-order valence-corrected chi connectivity index (χ4v) is 2.92. The van der Waals surface area contributed by atoms with Gasteiger partial charge in [-0.05, 0) is 49.7 Å². The Hall–Kier alpha value is -2.54. The largest absolute Gasteiger partial charge is 0.489 e. The summed E-state index contributed by atoms with van der Waals surface area (Å²) in [5, 5.41) is 6.73. The number of benzene rings is 1. The summed E-state index contributed by atoms with van der Waals surface area (Å²) in [6.07, 6.45) is 3.39. The molecule has 2 atom stereocenters. The number of guanidine groups is 1. The fraction of sp³-hybridized carbons (Fsp3) is 0.476. The molecule has 6 nitrogen and oxygen atoms in total. The first-order valence-electron chi connectivity index (χ1n) is 9.73. The van der Waals surface area contributed by atoms with E-state index in [0.29, 0.717) is 24.8 Å². The first-order valence-corrected chi connectivity index (χ1v) is 9.73. The quantitative estimate of drug-likeness (QED) is 0.510. The fourth-order valence-electron chi connectivity index (χ4n) is 2.92. The van der Waals surface area contributed by atoms with Crippen LogP contribution in [0.1, 0.15) is 19.1 Å². The highest BCUT2D eigenvalue weighted by molar-refractivity contribution is 5.79. The molecule has 28 heavy (non-hydrogen) atoms. The van der Waals surface area contributed by atoms with Gasteiger partial charge in [0.25, 0.3) is 0 Å². The van der Waals surface area contributed by atoms with Gasteiger partial charge < -0.3 is 24.5 Å². The highest BCUT2D eigenvalue weighted by atomic mass is 19.1. The SMILES string of the molecule is CC(CN=C(NCCc1ccco1)NCC1CCOC1)Oc1ccc(F)cc1. The minimum atomic E-state index is -0.277. The summed E-state index contributed by atoms with van der Waals surface area (Å²) >= 11 is 0. The van der Waals surface area contributed by atoms with Crippen LogP contribution in [0.3, 0.4) is 0 Å². The summed E-state index contributed by atoms with van der Waals surface area (Å²) in [6.45, 7) is 5.57. The van der Waals surface area contributed by atoms with Crippen LogP contribution >= 0.6 is 0 Å². The molecule has 2 N–H and O–H groups in total. The van der Waals surface area contributed by atoms with E-state index in [0.717, 1.165) is 44.3 Å². The monoisotopic (exact) mass is 389 g/mol. The van der Waals surface area contributed by atoms with Crippen LogP contribution in [0.15, 0.2) is 52.1 Å². The maximum absolute atomic E-state index is 13.0. The van der Waals surface area contributed by atoms with Gasteiger partial charge in [0.1, 0.15) is 23.4 Å². The minimum absolute atomic E-state index is 0.135. The van der Waals surface area contributed by atoms with Crippen LogP contribution in [-0.2, 0) is 11.2 Å². The van der Waals surface area contributed by atoms with Crippen LogP contribution in [0.2, 0.25) is 0 Å². The Kier molecular flexibility index (Phi) is 7.72. The van der Waals surface area contributed by atoms with Crippen molar-refractivity contribution in [2.24, 2.45) is 10.9 Å². The maximum atomic E-state index is 13.0. The third-order valence-electron chi connectivity index (χ3n) is 4.48. The summed E-state index contributed by atoms with van der Waals surface area (Å²) in [5.74, 6) is 2.54. The van der Waals surface area contributed by atoms with E-state index in [1.807, 2.05) is 19.1 Å². The molecule has 2 heterocycles. The number of halogens is 1. The van der Waals surface area contributed by atoms with Crippen molar-refractivity contribution in [2.45, 2.75) is 25.9 Å². The Bertz CT molecular complexity index is 713. The second-order valence-corrected chi connectivity index (χ2v) is 6.94. The van der Waals surface area contributed by atoms with Gasteiger partial charge in [-0.25, -0.2) is 9.38 Å². The first kappa shape index (κ1) is 20.2. The Balaban J connectivity index is 1.49. The molecular weight excluding hydrogens is 361 g/mol. The lowest BCUT2D eigenvalue weighted by atomic mass is 10.1. The Morgan fingerprint density at radius 1 is 1.29 bits per heavy atom. The molecule has 1 aliphatic heterocycles. The van der Waals surface area contributed by atoms with Crippen LogP contribution in [0.25, 0.3) is 0 Å². The van der Waals surface area contributed by atoms with Gasteiger partial charge in [0.05, 0.1) is 19.4 Å². The van der Waals surface area contributed by atoms with Crippen molar-refractivity contribution in [2.75, 3.05) is 32.8 Å². The molecule has 0 radical (unpaired) electrons. The first-order chi connectivity index (χ1) is 13.7. The number of furan rings is 1. The third kappa shape index (κ3) is 6.88. The summed E-state index contributed by atoms with van der Waals surface area (Å²) < 4.78 is 29.6. The Morgan fingerprint density at radius 3 is 2.86 bits per heavy atom. The number of aliphatic imine (C=N–C) groups is 1. The maximum Gasteiger partial charge on any atom is 0.191 e. The predicted molar refractivity (Wildman–Crippen MR) is 106 cm³/mol. The van der Waals surface area contributed by atoms with Gasteiger partial charge in [-0.2, -0.15) is 0 Å². The molecule has 0 bridgehead atoms. The number of nitrogens with one attached hydrogen (secondary N) is 2. The van der Waals surface area contributed by atoms with Gasteiger partial charge >= 0.3 is 0 Å². The van der Waals surface area contributed by atoms with Crippen LogP contribution in [0, 0.1) is 11.7 Å². The predicted octanol–water partition coefficient (Wildman–Crippen LogP) is 3.00. The van der Waals surface area contributed by atoms with E-state index in [4.69, 9.17) is 13.9 Å².